The number of nitrogens with one attached hydrogen (secondary N) is 1. The van der Waals surface area contributed by atoms with Crippen molar-refractivity contribution in [1.82, 2.24) is 5.32 Å². The molecule has 1 N–H and O–H groups in total. The number of methoxy groups -OCH3 is 3. The minimum absolute atomic E-state index is 0.338. The van der Waals surface area contributed by atoms with E-state index in [1.807, 2.05) is 0 Å². The smallest absolute Gasteiger partial charge is 0.164 e. The molecule has 16 heavy (non-hydrogen) atoms. The summed E-state index contributed by atoms with van der Waals surface area (Å²) in [5, 5.41) is 2.93. The van der Waals surface area contributed by atoms with Crippen molar-refractivity contribution in [2.24, 2.45) is 0 Å². The molecule has 1 atom stereocenters. The standard InChI is InChI=1S/C11H16ClNO3/c1-13-11(12)7-5-9(15-3)10(16-4)6-8(7)14-2/h5-6,11,13H,1-4H3. The second-order valence-corrected chi connectivity index (χ2v) is 3.54. The van der Waals surface area contributed by atoms with Crippen molar-refractivity contribution in [1.29, 1.82) is 0 Å². The molecular weight excluding hydrogens is 230 g/mol. The van der Waals surface area contributed by atoms with E-state index in [2.05, 4.69) is 5.32 Å². The van der Waals surface area contributed by atoms with Gasteiger partial charge in [0.1, 0.15) is 11.3 Å². The second kappa shape index (κ2) is 5.82. The van der Waals surface area contributed by atoms with Crippen LogP contribution in [0, 0.1) is 0 Å². The van der Waals surface area contributed by atoms with Crippen molar-refractivity contribution in [3.05, 3.63) is 17.7 Å². The molecule has 0 heterocycles. The fourth-order valence-corrected chi connectivity index (χ4v) is 1.58. The molecule has 0 bridgehead atoms. The van der Waals surface area contributed by atoms with Gasteiger partial charge in [0.05, 0.1) is 21.3 Å². The van der Waals surface area contributed by atoms with Gasteiger partial charge in [0.2, 0.25) is 0 Å². The quantitative estimate of drug-likeness (QED) is 0.638. The van der Waals surface area contributed by atoms with Crippen LogP contribution >= 0.6 is 11.6 Å². The van der Waals surface area contributed by atoms with E-state index in [0.29, 0.717) is 17.2 Å². The molecule has 0 saturated heterocycles. The van der Waals surface area contributed by atoms with Crippen LogP contribution in [0.1, 0.15) is 11.1 Å². The van der Waals surface area contributed by atoms with Gasteiger partial charge in [-0.3, -0.25) is 0 Å². The zero-order chi connectivity index (χ0) is 12.1. The summed E-state index contributed by atoms with van der Waals surface area (Å²) in [6, 6.07) is 3.55. The fraction of sp³-hybridized carbons (Fsp3) is 0.455. The normalized spacial score (nSPS) is 12.1. The lowest BCUT2D eigenvalue weighted by Gasteiger charge is -2.16. The Morgan fingerprint density at radius 2 is 1.50 bits per heavy atom. The van der Waals surface area contributed by atoms with Gasteiger partial charge < -0.3 is 19.5 Å². The number of hydrogen-bond donors (Lipinski definition) is 1. The highest BCUT2D eigenvalue weighted by Crippen LogP contribution is 2.38. The average Bonchev–Trinajstić information content (AvgIpc) is 2.35. The lowest BCUT2D eigenvalue weighted by Crippen LogP contribution is -2.11. The molecule has 0 fully saturated rings. The summed E-state index contributed by atoms with van der Waals surface area (Å²) in [4.78, 5) is 0. The summed E-state index contributed by atoms with van der Waals surface area (Å²) in [6.45, 7) is 0. The summed E-state index contributed by atoms with van der Waals surface area (Å²) < 4.78 is 15.6. The summed E-state index contributed by atoms with van der Waals surface area (Å²) in [5.74, 6) is 1.90. The number of halogens is 1. The van der Waals surface area contributed by atoms with Gasteiger partial charge in [-0.05, 0) is 13.1 Å². The molecule has 0 amide bonds. The highest BCUT2D eigenvalue weighted by Gasteiger charge is 2.16. The number of alkyl halides is 1. The third-order valence-corrected chi connectivity index (χ3v) is 2.72. The zero-order valence-corrected chi connectivity index (χ0v) is 10.6. The second-order valence-electron chi connectivity index (χ2n) is 3.10. The van der Waals surface area contributed by atoms with E-state index in [4.69, 9.17) is 25.8 Å². The minimum atomic E-state index is -0.338. The molecule has 0 aliphatic heterocycles. The van der Waals surface area contributed by atoms with Crippen molar-refractivity contribution < 1.29 is 14.2 Å². The molecule has 1 aromatic carbocycles. The molecule has 90 valence electrons. The van der Waals surface area contributed by atoms with E-state index in [-0.39, 0.29) is 5.50 Å². The predicted octanol–water partition coefficient (Wildman–Crippen LogP) is 2.17. The highest BCUT2D eigenvalue weighted by molar-refractivity contribution is 6.20. The maximum atomic E-state index is 6.11. The maximum Gasteiger partial charge on any atom is 0.164 e. The van der Waals surface area contributed by atoms with Crippen LogP contribution in [0.4, 0.5) is 0 Å². The van der Waals surface area contributed by atoms with Gasteiger partial charge in [-0.2, -0.15) is 0 Å². The SMILES string of the molecule is CNC(Cl)c1cc(OC)c(OC)cc1OC. The summed E-state index contributed by atoms with van der Waals surface area (Å²) in [6.07, 6.45) is 0. The van der Waals surface area contributed by atoms with Crippen LogP contribution in [-0.2, 0) is 0 Å². The van der Waals surface area contributed by atoms with E-state index in [1.54, 1.807) is 40.5 Å². The van der Waals surface area contributed by atoms with Gasteiger partial charge in [0, 0.05) is 11.6 Å². The first-order chi connectivity index (χ1) is 7.67. The molecule has 0 aromatic heterocycles. The van der Waals surface area contributed by atoms with Gasteiger partial charge in [-0.25, -0.2) is 0 Å². The van der Waals surface area contributed by atoms with Crippen molar-refractivity contribution >= 4 is 11.6 Å². The van der Waals surface area contributed by atoms with Gasteiger partial charge in [-0.15, -0.1) is 11.6 Å². The molecule has 0 saturated carbocycles. The van der Waals surface area contributed by atoms with Crippen LogP contribution in [0.5, 0.6) is 17.2 Å². The Morgan fingerprint density at radius 3 is 1.94 bits per heavy atom. The van der Waals surface area contributed by atoms with Crippen LogP contribution in [0.3, 0.4) is 0 Å². The van der Waals surface area contributed by atoms with E-state index in [0.717, 1.165) is 5.56 Å². The zero-order valence-electron chi connectivity index (χ0n) is 9.83. The van der Waals surface area contributed by atoms with Crippen molar-refractivity contribution in [3.63, 3.8) is 0 Å². The van der Waals surface area contributed by atoms with Crippen molar-refractivity contribution in [3.8, 4) is 17.2 Å². The number of rotatable bonds is 5. The highest BCUT2D eigenvalue weighted by atomic mass is 35.5. The Bertz CT molecular complexity index is 357. The topological polar surface area (TPSA) is 39.7 Å². The van der Waals surface area contributed by atoms with Crippen molar-refractivity contribution in [2.75, 3.05) is 28.4 Å². The van der Waals surface area contributed by atoms with E-state index in [1.165, 1.54) is 0 Å². The van der Waals surface area contributed by atoms with E-state index in [9.17, 15) is 0 Å². The molecule has 0 aliphatic carbocycles. The molecule has 0 spiro atoms. The molecule has 4 nitrogen and oxygen atoms in total. The molecule has 0 aliphatic rings. The van der Waals surface area contributed by atoms with Crippen LogP contribution < -0.4 is 19.5 Å². The summed E-state index contributed by atoms with van der Waals surface area (Å²) >= 11 is 6.11. The lowest BCUT2D eigenvalue weighted by atomic mass is 10.1. The lowest BCUT2D eigenvalue weighted by molar-refractivity contribution is 0.347. The van der Waals surface area contributed by atoms with Crippen LogP contribution in [-0.4, -0.2) is 28.4 Å². The van der Waals surface area contributed by atoms with Gasteiger partial charge in [-0.1, -0.05) is 0 Å². The maximum absolute atomic E-state index is 6.11. The Balaban J connectivity index is 3.25. The summed E-state index contributed by atoms with van der Waals surface area (Å²) in [5.41, 5.74) is 0.471. The molecule has 5 heteroatoms. The number of benzene rings is 1. The molecule has 0 radical (unpaired) electrons. The Labute approximate surface area is 100 Å². The fourth-order valence-electron chi connectivity index (χ4n) is 1.41. The molecule has 1 unspecified atom stereocenters. The third kappa shape index (κ3) is 2.51. The minimum Gasteiger partial charge on any atom is -0.496 e. The predicted molar refractivity (Wildman–Crippen MR) is 63.8 cm³/mol. The molecule has 1 rings (SSSR count). The monoisotopic (exact) mass is 245 g/mol. The van der Waals surface area contributed by atoms with Crippen LogP contribution in [0.2, 0.25) is 0 Å². The number of ether oxygens (including phenoxy) is 3. The van der Waals surface area contributed by atoms with Crippen molar-refractivity contribution in [2.45, 2.75) is 5.50 Å². The van der Waals surface area contributed by atoms with Gasteiger partial charge in [0.15, 0.2) is 11.5 Å². The first-order valence-electron chi connectivity index (χ1n) is 4.79. The summed E-state index contributed by atoms with van der Waals surface area (Å²) in [7, 11) is 6.52. The van der Waals surface area contributed by atoms with E-state index < -0.39 is 0 Å². The van der Waals surface area contributed by atoms with Gasteiger partial charge >= 0.3 is 0 Å². The Morgan fingerprint density at radius 1 is 1.00 bits per heavy atom. The first kappa shape index (κ1) is 12.9. The first-order valence-corrected chi connectivity index (χ1v) is 5.22. The molecule has 1 aromatic rings. The molecular formula is C11H16ClNO3. The largest absolute Gasteiger partial charge is 0.496 e. The van der Waals surface area contributed by atoms with Crippen LogP contribution in [0.15, 0.2) is 12.1 Å². The average molecular weight is 246 g/mol. The van der Waals surface area contributed by atoms with E-state index >= 15 is 0 Å². The van der Waals surface area contributed by atoms with Gasteiger partial charge in [0.25, 0.3) is 0 Å². The Hall–Kier alpha value is -1.13. The van der Waals surface area contributed by atoms with Crippen LogP contribution in [0.25, 0.3) is 0 Å². The Kier molecular flexibility index (Phi) is 4.71. The third-order valence-electron chi connectivity index (χ3n) is 2.26. The number of hydrogen-bond acceptors (Lipinski definition) is 4.